The lowest BCUT2D eigenvalue weighted by Gasteiger charge is -2.12. The molecule has 0 bridgehead atoms. The molecule has 0 aliphatic carbocycles. The number of benzene rings is 2. The van der Waals surface area contributed by atoms with E-state index < -0.39 is 10.8 Å². The minimum absolute atomic E-state index is 0.0604. The molecule has 1 amide bonds. The van der Waals surface area contributed by atoms with Gasteiger partial charge < -0.3 is 10.1 Å². The number of hydrogen-bond acceptors (Lipinski definition) is 4. The maximum Gasteiger partial charge on any atom is 0.256 e. The number of fused-ring (bicyclic) bond motifs is 1. The van der Waals surface area contributed by atoms with Crippen molar-refractivity contribution in [1.29, 1.82) is 0 Å². The summed E-state index contributed by atoms with van der Waals surface area (Å²) in [5.41, 5.74) is 2.76. The highest BCUT2D eigenvalue weighted by Crippen LogP contribution is 2.32. The molecule has 1 aliphatic rings. The van der Waals surface area contributed by atoms with Crippen molar-refractivity contribution in [3.8, 4) is 11.4 Å². The lowest BCUT2D eigenvalue weighted by atomic mass is 10.2. The summed E-state index contributed by atoms with van der Waals surface area (Å²) in [7, 11) is -1.01. The lowest BCUT2D eigenvalue weighted by Crippen LogP contribution is -2.16. The molecule has 6 nitrogen and oxygen atoms in total. The van der Waals surface area contributed by atoms with E-state index in [-0.39, 0.29) is 12.0 Å². The van der Waals surface area contributed by atoms with Gasteiger partial charge >= 0.3 is 0 Å². The lowest BCUT2D eigenvalue weighted by molar-refractivity contribution is 0.102. The molecular formula is C21H20ClN3O3S. The van der Waals surface area contributed by atoms with Crippen LogP contribution < -0.4 is 10.1 Å². The first-order valence-corrected chi connectivity index (χ1v) is 11.1. The van der Waals surface area contributed by atoms with Gasteiger partial charge in [0.15, 0.2) is 0 Å². The normalized spacial score (nSPS) is 15.4. The van der Waals surface area contributed by atoms with E-state index >= 15 is 0 Å². The molecule has 1 aromatic heterocycles. The van der Waals surface area contributed by atoms with Gasteiger partial charge in [-0.05, 0) is 56.3 Å². The van der Waals surface area contributed by atoms with Gasteiger partial charge in [-0.1, -0.05) is 17.7 Å². The summed E-state index contributed by atoms with van der Waals surface area (Å²) in [5, 5.41) is 8.09. The summed E-state index contributed by atoms with van der Waals surface area (Å²) in [6.45, 7) is 3.89. The van der Waals surface area contributed by atoms with Crippen LogP contribution in [0.3, 0.4) is 0 Å². The second kappa shape index (κ2) is 8.00. The number of hydrogen-bond donors (Lipinski definition) is 1. The first kappa shape index (κ1) is 19.7. The number of aromatic nitrogens is 2. The minimum Gasteiger partial charge on any atom is -0.491 e. The van der Waals surface area contributed by atoms with Gasteiger partial charge in [0.25, 0.3) is 5.91 Å². The van der Waals surface area contributed by atoms with Crippen LogP contribution in [-0.4, -0.2) is 26.0 Å². The number of anilines is 1. The van der Waals surface area contributed by atoms with Gasteiger partial charge in [-0.25, -0.2) is 4.68 Å². The van der Waals surface area contributed by atoms with Crippen molar-refractivity contribution in [3.05, 3.63) is 70.4 Å². The molecular weight excluding hydrogens is 410 g/mol. The molecule has 2 heterocycles. The molecule has 0 fully saturated rings. The average Bonchev–Trinajstić information content (AvgIpc) is 3.19. The third-order valence-corrected chi connectivity index (χ3v) is 5.88. The van der Waals surface area contributed by atoms with E-state index in [0.29, 0.717) is 33.7 Å². The van der Waals surface area contributed by atoms with Crippen LogP contribution in [-0.2, 0) is 22.3 Å². The largest absolute Gasteiger partial charge is 0.491 e. The van der Waals surface area contributed by atoms with E-state index in [9.17, 15) is 9.00 Å². The van der Waals surface area contributed by atoms with Crippen LogP contribution in [0.15, 0.2) is 48.5 Å². The Morgan fingerprint density at radius 1 is 1.21 bits per heavy atom. The Morgan fingerprint density at radius 2 is 1.97 bits per heavy atom. The Bertz CT molecular complexity index is 1090. The van der Waals surface area contributed by atoms with Gasteiger partial charge in [-0.15, -0.1) is 0 Å². The third kappa shape index (κ3) is 4.21. The highest BCUT2D eigenvalue weighted by atomic mass is 35.5. The predicted molar refractivity (Wildman–Crippen MR) is 114 cm³/mol. The first-order valence-electron chi connectivity index (χ1n) is 9.20. The SMILES string of the molecule is CC(C)Oc1ccc(C(=O)Nc2c3c(nn2-c2cccc(Cl)c2)C[S@](=O)C3)cc1. The Labute approximate surface area is 176 Å². The van der Waals surface area contributed by atoms with Gasteiger partial charge in [0.05, 0.1) is 29.0 Å². The van der Waals surface area contributed by atoms with Crippen molar-refractivity contribution in [2.75, 3.05) is 5.32 Å². The van der Waals surface area contributed by atoms with E-state index in [1.54, 1.807) is 41.1 Å². The monoisotopic (exact) mass is 429 g/mol. The molecule has 0 saturated heterocycles. The van der Waals surface area contributed by atoms with E-state index in [1.165, 1.54) is 0 Å². The Balaban J connectivity index is 1.65. The zero-order valence-corrected chi connectivity index (χ0v) is 17.6. The van der Waals surface area contributed by atoms with Crippen LogP contribution in [0.5, 0.6) is 5.75 Å². The summed E-state index contributed by atoms with van der Waals surface area (Å²) >= 11 is 6.13. The summed E-state index contributed by atoms with van der Waals surface area (Å²) in [4.78, 5) is 12.9. The molecule has 3 aromatic rings. The molecule has 0 unspecified atom stereocenters. The van der Waals surface area contributed by atoms with Crippen LogP contribution in [0.25, 0.3) is 5.69 Å². The van der Waals surface area contributed by atoms with Gasteiger partial charge in [0, 0.05) is 26.9 Å². The van der Waals surface area contributed by atoms with Crippen LogP contribution in [0.2, 0.25) is 5.02 Å². The van der Waals surface area contributed by atoms with Gasteiger partial charge in [-0.3, -0.25) is 9.00 Å². The maximum absolute atomic E-state index is 12.9. The molecule has 150 valence electrons. The molecule has 2 aromatic carbocycles. The third-order valence-electron chi connectivity index (χ3n) is 4.44. The molecule has 0 radical (unpaired) electrons. The van der Waals surface area contributed by atoms with Gasteiger partial charge in [0.2, 0.25) is 0 Å². The fourth-order valence-corrected chi connectivity index (χ4v) is 4.64. The van der Waals surface area contributed by atoms with E-state index in [4.69, 9.17) is 16.3 Å². The molecule has 1 aliphatic heterocycles. The van der Waals surface area contributed by atoms with Gasteiger partial charge in [-0.2, -0.15) is 5.10 Å². The molecule has 1 N–H and O–H groups in total. The summed E-state index contributed by atoms with van der Waals surface area (Å²) in [5.74, 6) is 1.71. The van der Waals surface area contributed by atoms with E-state index in [1.807, 2.05) is 26.0 Å². The molecule has 1 atom stereocenters. The smallest absolute Gasteiger partial charge is 0.256 e. The Kier molecular flexibility index (Phi) is 5.43. The fourth-order valence-electron chi connectivity index (χ4n) is 3.19. The second-order valence-electron chi connectivity index (χ2n) is 7.04. The highest BCUT2D eigenvalue weighted by molar-refractivity contribution is 7.83. The Hall–Kier alpha value is -2.64. The fraction of sp³-hybridized carbons (Fsp3) is 0.238. The number of ether oxygens (including phenoxy) is 1. The molecule has 8 heteroatoms. The quantitative estimate of drug-likeness (QED) is 0.655. The average molecular weight is 430 g/mol. The maximum atomic E-state index is 12.9. The van der Waals surface area contributed by atoms with Crippen molar-refractivity contribution < 1.29 is 13.7 Å². The van der Waals surface area contributed by atoms with Crippen molar-refractivity contribution in [3.63, 3.8) is 0 Å². The number of carbonyl (C=O) groups is 1. The molecule has 0 spiro atoms. The number of amides is 1. The predicted octanol–water partition coefficient (Wildman–Crippen LogP) is 4.33. The van der Waals surface area contributed by atoms with Crippen molar-refractivity contribution in [2.24, 2.45) is 0 Å². The summed E-state index contributed by atoms with van der Waals surface area (Å²) in [6.07, 6.45) is 0.0604. The minimum atomic E-state index is -1.01. The van der Waals surface area contributed by atoms with Crippen molar-refractivity contribution in [1.82, 2.24) is 9.78 Å². The van der Waals surface area contributed by atoms with E-state index in [2.05, 4.69) is 10.4 Å². The highest BCUT2D eigenvalue weighted by Gasteiger charge is 2.28. The van der Waals surface area contributed by atoms with Crippen LogP contribution in [0.4, 0.5) is 5.82 Å². The number of halogens is 1. The number of rotatable bonds is 5. The zero-order valence-electron chi connectivity index (χ0n) is 16.0. The Morgan fingerprint density at radius 3 is 2.66 bits per heavy atom. The molecule has 4 rings (SSSR count). The topological polar surface area (TPSA) is 73.2 Å². The second-order valence-corrected chi connectivity index (χ2v) is 8.93. The summed E-state index contributed by atoms with van der Waals surface area (Å²) < 4.78 is 19.3. The zero-order chi connectivity index (χ0) is 20.5. The molecule has 29 heavy (non-hydrogen) atoms. The van der Waals surface area contributed by atoms with Gasteiger partial charge in [0.1, 0.15) is 11.6 Å². The number of nitrogens with one attached hydrogen (secondary N) is 1. The van der Waals surface area contributed by atoms with Crippen LogP contribution in [0, 0.1) is 0 Å². The van der Waals surface area contributed by atoms with E-state index in [0.717, 1.165) is 16.9 Å². The van der Waals surface area contributed by atoms with Crippen molar-refractivity contribution in [2.45, 2.75) is 31.5 Å². The number of carbonyl (C=O) groups excluding carboxylic acids is 1. The van der Waals surface area contributed by atoms with Crippen molar-refractivity contribution >= 4 is 34.1 Å². The number of nitrogens with zero attached hydrogens (tertiary/aromatic N) is 2. The molecule has 0 saturated carbocycles. The summed E-state index contributed by atoms with van der Waals surface area (Å²) in [6, 6.07) is 14.2. The van der Waals surface area contributed by atoms with Crippen LogP contribution >= 0.6 is 11.6 Å². The standard InChI is InChI=1S/C21H20ClN3O3S/c1-13(2)28-17-8-6-14(7-9-17)21(26)23-20-18-11-29(27)12-19(18)24-25(20)16-5-3-4-15(22)10-16/h3-10,13H,11-12H2,1-2H3,(H,23,26)/t29-/m1/s1. The first-order chi connectivity index (χ1) is 13.9. The van der Waals surface area contributed by atoms with Crippen LogP contribution in [0.1, 0.15) is 35.5 Å².